The molecule has 3 heterocycles. The monoisotopic (exact) mass is 332 g/mol. The molecule has 5 heteroatoms. The standard InChI is InChI=1S/C17H17ClN2OS/c18-11-3-1-2-10(8-11)15-6-7-16(22-15)17(21)20-14-9-12-4-5-13(14)19-12/h1-3,6-8,12-14,19H,4-5,9H2,(H,20,21). The molecule has 4 rings (SSSR count). The third kappa shape index (κ3) is 2.67. The average molecular weight is 333 g/mol. The van der Waals surface area contributed by atoms with Gasteiger partial charge in [0, 0.05) is 28.0 Å². The van der Waals surface area contributed by atoms with Gasteiger partial charge in [-0.25, -0.2) is 0 Å². The van der Waals surface area contributed by atoms with Crippen molar-refractivity contribution in [2.24, 2.45) is 0 Å². The molecule has 0 spiro atoms. The molecule has 0 radical (unpaired) electrons. The maximum Gasteiger partial charge on any atom is 0.261 e. The molecule has 2 aliphatic rings. The molecule has 22 heavy (non-hydrogen) atoms. The molecule has 2 bridgehead atoms. The van der Waals surface area contributed by atoms with Gasteiger partial charge in [0.2, 0.25) is 0 Å². The van der Waals surface area contributed by atoms with E-state index in [-0.39, 0.29) is 11.9 Å². The Labute approximate surface area is 138 Å². The molecule has 2 N–H and O–H groups in total. The number of carbonyl (C=O) groups excluding carboxylic acids is 1. The smallest absolute Gasteiger partial charge is 0.261 e. The zero-order valence-electron chi connectivity index (χ0n) is 12.0. The molecule has 2 aromatic rings. The lowest BCUT2D eigenvalue weighted by Gasteiger charge is -2.20. The quantitative estimate of drug-likeness (QED) is 0.900. The fraction of sp³-hybridized carbons (Fsp3) is 0.353. The van der Waals surface area contributed by atoms with Crippen molar-refractivity contribution in [2.45, 2.75) is 37.4 Å². The van der Waals surface area contributed by atoms with Crippen LogP contribution in [0.3, 0.4) is 0 Å². The second-order valence-corrected chi connectivity index (χ2v) is 7.56. The van der Waals surface area contributed by atoms with E-state index in [9.17, 15) is 4.79 Å². The van der Waals surface area contributed by atoms with Gasteiger partial charge in [0.05, 0.1) is 4.88 Å². The number of hydrogen-bond acceptors (Lipinski definition) is 3. The molecule has 1 amide bonds. The third-order valence-corrected chi connectivity index (χ3v) is 5.92. The summed E-state index contributed by atoms with van der Waals surface area (Å²) in [5.74, 6) is 0.0395. The molecule has 2 fully saturated rings. The van der Waals surface area contributed by atoms with Gasteiger partial charge in [-0.2, -0.15) is 0 Å². The molecule has 1 aromatic carbocycles. The van der Waals surface area contributed by atoms with Crippen LogP contribution in [0.15, 0.2) is 36.4 Å². The predicted octanol–water partition coefficient (Wildman–Crippen LogP) is 3.69. The van der Waals surface area contributed by atoms with Gasteiger partial charge in [0.1, 0.15) is 0 Å². The largest absolute Gasteiger partial charge is 0.347 e. The molecular weight excluding hydrogens is 316 g/mol. The summed E-state index contributed by atoms with van der Waals surface area (Å²) in [6, 6.07) is 13.0. The molecular formula is C17H17ClN2OS. The van der Waals surface area contributed by atoms with Crippen molar-refractivity contribution in [2.75, 3.05) is 0 Å². The first kappa shape index (κ1) is 14.2. The maximum atomic E-state index is 12.4. The summed E-state index contributed by atoms with van der Waals surface area (Å²) in [7, 11) is 0. The van der Waals surface area contributed by atoms with Crippen molar-refractivity contribution >= 4 is 28.8 Å². The summed E-state index contributed by atoms with van der Waals surface area (Å²) in [5.41, 5.74) is 1.05. The van der Waals surface area contributed by atoms with Crippen molar-refractivity contribution in [3.8, 4) is 10.4 Å². The Morgan fingerprint density at radius 2 is 2.18 bits per heavy atom. The van der Waals surface area contributed by atoms with E-state index in [0.29, 0.717) is 17.1 Å². The zero-order chi connectivity index (χ0) is 15.1. The highest BCUT2D eigenvalue weighted by Crippen LogP contribution is 2.31. The lowest BCUT2D eigenvalue weighted by molar-refractivity contribution is 0.0935. The highest BCUT2D eigenvalue weighted by atomic mass is 35.5. The van der Waals surface area contributed by atoms with E-state index in [2.05, 4.69) is 10.6 Å². The lowest BCUT2D eigenvalue weighted by Crippen LogP contribution is -2.42. The predicted molar refractivity (Wildman–Crippen MR) is 90.6 cm³/mol. The van der Waals surface area contributed by atoms with E-state index in [0.717, 1.165) is 21.7 Å². The normalized spacial score (nSPS) is 26.3. The van der Waals surface area contributed by atoms with Crippen LogP contribution < -0.4 is 10.6 Å². The number of thiophene rings is 1. The molecule has 3 atom stereocenters. The van der Waals surface area contributed by atoms with Gasteiger partial charge in [-0.15, -0.1) is 11.3 Å². The minimum absolute atomic E-state index is 0.0395. The molecule has 114 valence electrons. The topological polar surface area (TPSA) is 41.1 Å². The second kappa shape index (κ2) is 5.69. The first-order valence-corrected chi connectivity index (χ1v) is 8.81. The van der Waals surface area contributed by atoms with Crippen LogP contribution in [-0.2, 0) is 0 Å². The first-order valence-electron chi connectivity index (χ1n) is 7.62. The van der Waals surface area contributed by atoms with E-state index < -0.39 is 0 Å². The summed E-state index contributed by atoms with van der Waals surface area (Å²) in [6.07, 6.45) is 3.48. The Bertz CT molecular complexity index is 714. The third-order valence-electron chi connectivity index (χ3n) is 4.56. The second-order valence-electron chi connectivity index (χ2n) is 6.04. The minimum Gasteiger partial charge on any atom is -0.347 e. The summed E-state index contributed by atoms with van der Waals surface area (Å²) in [6.45, 7) is 0. The van der Waals surface area contributed by atoms with E-state index >= 15 is 0 Å². The van der Waals surface area contributed by atoms with Crippen LogP contribution in [0.4, 0.5) is 0 Å². The van der Waals surface area contributed by atoms with Crippen LogP contribution >= 0.6 is 22.9 Å². The molecule has 0 saturated carbocycles. The number of carbonyl (C=O) groups is 1. The van der Waals surface area contributed by atoms with Crippen molar-refractivity contribution in [1.29, 1.82) is 0 Å². The van der Waals surface area contributed by atoms with Gasteiger partial charge in [-0.3, -0.25) is 4.79 Å². The highest BCUT2D eigenvalue weighted by Gasteiger charge is 2.39. The van der Waals surface area contributed by atoms with Gasteiger partial charge >= 0.3 is 0 Å². The number of amides is 1. The number of hydrogen-bond donors (Lipinski definition) is 2. The van der Waals surface area contributed by atoms with Crippen LogP contribution in [0.2, 0.25) is 5.02 Å². The molecule has 1 aromatic heterocycles. The van der Waals surface area contributed by atoms with E-state index in [1.54, 1.807) is 0 Å². The molecule has 3 unspecified atom stereocenters. The number of nitrogens with one attached hydrogen (secondary N) is 2. The summed E-state index contributed by atoms with van der Waals surface area (Å²) in [5, 5.41) is 7.44. The zero-order valence-corrected chi connectivity index (χ0v) is 13.6. The molecule has 3 nitrogen and oxygen atoms in total. The lowest BCUT2D eigenvalue weighted by atomic mass is 9.95. The van der Waals surface area contributed by atoms with E-state index in [1.165, 1.54) is 24.2 Å². The van der Waals surface area contributed by atoms with Crippen molar-refractivity contribution in [3.63, 3.8) is 0 Å². The van der Waals surface area contributed by atoms with Crippen LogP contribution in [0.5, 0.6) is 0 Å². The van der Waals surface area contributed by atoms with Crippen LogP contribution in [0.1, 0.15) is 28.9 Å². The fourth-order valence-electron chi connectivity index (χ4n) is 3.48. The number of benzene rings is 1. The fourth-order valence-corrected chi connectivity index (χ4v) is 4.58. The van der Waals surface area contributed by atoms with Gasteiger partial charge in [-0.1, -0.05) is 23.7 Å². The Kier molecular flexibility index (Phi) is 3.68. The maximum absolute atomic E-state index is 12.4. The summed E-state index contributed by atoms with van der Waals surface area (Å²) >= 11 is 7.55. The van der Waals surface area contributed by atoms with E-state index in [1.807, 2.05) is 36.4 Å². The average Bonchev–Trinajstić information content (AvgIpc) is 3.23. The minimum atomic E-state index is 0.0395. The van der Waals surface area contributed by atoms with Crippen molar-refractivity contribution in [3.05, 3.63) is 46.3 Å². The highest BCUT2D eigenvalue weighted by molar-refractivity contribution is 7.17. The van der Waals surface area contributed by atoms with Gasteiger partial charge in [0.15, 0.2) is 0 Å². The molecule has 0 aliphatic carbocycles. The van der Waals surface area contributed by atoms with E-state index in [4.69, 9.17) is 11.6 Å². The van der Waals surface area contributed by atoms with Gasteiger partial charge < -0.3 is 10.6 Å². The first-order chi connectivity index (χ1) is 10.7. The number of fused-ring (bicyclic) bond motifs is 2. The van der Waals surface area contributed by atoms with Crippen LogP contribution in [0, 0.1) is 0 Å². The van der Waals surface area contributed by atoms with Crippen molar-refractivity contribution < 1.29 is 4.79 Å². The van der Waals surface area contributed by atoms with Gasteiger partial charge in [0.25, 0.3) is 5.91 Å². The SMILES string of the molecule is O=C(NC1CC2CCC1N2)c1ccc(-c2cccc(Cl)c2)s1. The Hall–Kier alpha value is -1.36. The van der Waals surface area contributed by atoms with Crippen LogP contribution in [0.25, 0.3) is 10.4 Å². The number of rotatable bonds is 3. The number of halogens is 1. The summed E-state index contributed by atoms with van der Waals surface area (Å²) in [4.78, 5) is 14.3. The molecule has 2 aliphatic heterocycles. The van der Waals surface area contributed by atoms with Gasteiger partial charge in [-0.05, 0) is 49.1 Å². The summed E-state index contributed by atoms with van der Waals surface area (Å²) < 4.78 is 0. The Morgan fingerprint density at radius 1 is 1.27 bits per heavy atom. The van der Waals surface area contributed by atoms with Crippen LogP contribution in [-0.4, -0.2) is 24.0 Å². The Balaban J connectivity index is 1.48. The molecule has 2 saturated heterocycles. The Morgan fingerprint density at radius 3 is 2.91 bits per heavy atom. The van der Waals surface area contributed by atoms with Crippen molar-refractivity contribution in [1.82, 2.24) is 10.6 Å².